The molecule has 0 atom stereocenters. The maximum absolute atomic E-state index is 11.8. The molecule has 0 spiro atoms. The highest BCUT2D eigenvalue weighted by molar-refractivity contribution is 9.10. The van der Waals surface area contributed by atoms with Crippen LogP contribution in [-0.4, -0.2) is 10.9 Å². The van der Waals surface area contributed by atoms with E-state index in [1.807, 2.05) is 18.2 Å². The highest BCUT2D eigenvalue weighted by Gasteiger charge is 2.07. The van der Waals surface area contributed by atoms with Crippen LogP contribution in [0, 0.1) is 0 Å². The maximum atomic E-state index is 11.8. The molecule has 2 rings (SSSR count). The molecule has 2 aromatic rings. The summed E-state index contributed by atoms with van der Waals surface area (Å²) in [6.45, 7) is 2.17. The summed E-state index contributed by atoms with van der Waals surface area (Å²) >= 11 is 4.94. The Morgan fingerprint density at radius 3 is 3.00 bits per heavy atom. The molecule has 0 aliphatic heterocycles. The lowest BCUT2D eigenvalue weighted by molar-refractivity contribution is -0.116. The van der Waals surface area contributed by atoms with Crippen LogP contribution in [0.5, 0.6) is 0 Å². The van der Waals surface area contributed by atoms with Gasteiger partial charge in [-0.1, -0.05) is 53.5 Å². The quantitative estimate of drug-likeness (QED) is 0.754. The number of thiazole rings is 1. The van der Waals surface area contributed by atoms with Gasteiger partial charge in [-0.3, -0.25) is 4.79 Å². The van der Waals surface area contributed by atoms with Gasteiger partial charge in [0, 0.05) is 10.9 Å². The van der Waals surface area contributed by atoms with Crippen molar-refractivity contribution in [2.45, 2.75) is 39.0 Å². The van der Waals surface area contributed by atoms with Gasteiger partial charge < -0.3 is 5.32 Å². The molecule has 1 amide bonds. The minimum absolute atomic E-state index is 0.0641. The number of hydrogen-bond donors (Lipinski definition) is 1. The van der Waals surface area contributed by atoms with Gasteiger partial charge in [-0.05, 0) is 24.6 Å². The van der Waals surface area contributed by atoms with Gasteiger partial charge in [0.15, 0.2) is 5.13 Å². The van der Waals surface area contributed by atoms with Crippen LogP contribution in [0.1, 0.15) is 39.0 Å². The number of benzene rings is 1. The van der Waals surface area contributed by atoms with Gasteiger partial charge in [0.2, 0.25) is 5.91 Å². The Balaban J connectivity index is 1.91. The smallest absolute Gasteiger partial charge is 0.226 e. The van der Waals surface area contributed by atoms with Gasteiger partial charge in [0.1, 0.15) is 0 Å². The van der Waals surface area contributed by atoms with E-state index < -0.39 is 0 Å². The zero-order chi connectivity index (χ0) is 13.7. The molecule has 102 valence electrons. The molecule has 0 bridgehead atoms. The van der Waals surface area contributed by atoms with Crippen LogP contribution in [0.4, 0.5) is 5.13 Å². The predicted molar refractivity (Wildman–Crippen MR) is 84.7 cm³/mol. The van der Waals surface area contributed by atoms with E-state index in [4.69, 9.17) is 0 Å². The first kappa shape index (κ1) is 14.5. The van der Waals surface area contributed by atoms with Crippen LogP contribution in [-0.2, 0) is 4.79 Å². The number of hydrogen-bond acceptors (Lipinski definition) is 3. The van der Waals surface area contributed by atoms with Crippen molar-refractivity contribution >= 4 is 48.5 Å². The van der Waals surface area contributed by atoms with Crippen molar-refractivity contribution in [3.63, 3.8) is 0 Å². The fourth-order valence-corrected chi connectivity index (χ4v) is 3.28. The Hall–Kier alpha value is -0.940. The molecular formula is C14H17BrN2OS. The van der Waals surface area contributed by atoms with E-state index in [9.17, 15) is 4.79 Å². The fraction of sp³-hybridized carbons (Fsp3) is 0.429. The van der Waals surface area contributed by atoms with Crippen molar-refractivity contribution in [2.24, 2.45) is 0 Å². The summed E-state index contributed by atoms with van der Waals surface area (Å²) in [4.78, 5) is 16.2. The largest absolute Gasteiger partial charge is 0.302 e. The van der Waals surface area contributed by atoms with Crippen LogP contribution < -0.4 is 5.32 Å². The lowest BCUT2D eigenvalue weighted by Crippen LogP contribution is -2.10. The molecule has 3 nitrogen and oxygen atoms in total. The van der Waals surface area contributed by atoms with Crippen LogP contribution >= 0.6 is 27.3 Å². The molecule has 0 unspecified atom stereocenters. The molecule has 0 aliphatic rings. The van der Waals surface area contributed by atoms with Crippen molar-refractivity contribution in [1.29, 1.82) is 0 Å². The van der Waals surface area contributed by atoms with E-state index in [2.05, 4.69) is 33.2 Å². The number of nitrogens with one attached hydrogen (secondary N) is 1. The standard InChI is InChI=1S/C14H17BrN2OS/c1-2-3-4-5-6-13(18)17-14-16-11-8-7-10(15)9-12(11)19-14/h7-9H,2-6H2,1H3,(H,16,17,18). The van der Waals surface area contributed by atoms with Gasteiger partial charge in [-0.2, -0.15) is 0 Å². The summed E-state index contributed by atoms with van der Waals surface area (Å²) < 4.78 is 2.11. The number of nitrogens with zero attached hydrogens (tertiary/aromatic N) is 1. The minimum Gasteiger partial charge on any atom is -0.302 e. The number of aromatic nitrogens is 1. The second-order valence-electron chi connectivity index (χ2n) is 4.49. The molecule has 19 heavy (non-hydrogen) atoms. The predicted octanol–water partition coefficient (Wildman–Crippen LogP) is 4.97. The molecule has 0 saturated carbocycles. The third-order valence-corrected chi connectivity index (χ3v) is 4.28. The summed E-state index contributed by atoms with van der Waals surface area (Å²) in [6.07, 6.45) is 5.04. The molecule has 1 aromatic heterocycles. The number of halogens is 1. The van der Waals surface area contributed by atoms with Crippen LogP contribution in [0.25, 0.3) is 10.2 Å². The second-order valence-corrected chi connectivity index (χ2v) is 6.44. The zero-order valence-electron chi connectivity index (χ0n) is 10.9. The van der Waals surface area contributed by atoms with Crippen molar-refractivity contribution in [3.05, 3.63) is 22.7 Å². The monoisotopic (exact) mass is 340 g/mol. The van der Waals surface area contributed by atoms with Crippen LogP contribution in [0.2, 0.25) is 0 Å². The highest BCUT2D eigenvalue weighted by Crippen LogP contribution is 2.28. The first-order chi connectivity index (χ1) is 9.19. The van der Waals surface area contributed by atoms with Gasteiger partial charge in [-0.15, -0.1) is 0 Å². The Labute approximate surface area is 125 Å². The van der Waals surface area contributed by atoms with Gasteiger partial charge in [0.25, 0.3) is 0 Å². The van der Waals surface area contributed by atoms with Crippen LogP contribution in [0.3, 0.4) is 0 Å². The number of anilines is 1. The summed E-state index contributed by atoms with van der Waals surface area (Å²) in [7, 11) is 0. The number of carbonyl (C=O) groups is 1. The number of rotatable bonds is 6. The lowest BCUT2D eigenvalue weighted by Gasteiger charge is -2.00. The first-order valence-corrected chi connectivity index (χ1v) is 8.16. The van der Waals surface area contributed by atoms with E-state index in [-0.39, 0.29) is 5.91 Å². The summed E-state index contributed by atoms with van der Waals surface area (Å²) in [6, 6.07) is 5.93. The molecule has 1 aromatic carbocycles. The van der Waals surface area contributed by atoms with Gasteiger partial charge in [0.05, 0.1) is 10.2 Å². The Morgan fingerprint density at radius 1 is 1.37 bits per heavy atom. The zero-order valence-corrected chi connectivity index (χ0v) is 13.3. The summed E-state index contributed by atoms with van der Waals surface area (Å²) in [5.41, 5.74) is 0.925. The van der Waals surface area contributed by atoms with Crippen molar-refractivity contribution in [3.8, 4) is 0 Å². The van der Waals surface area contributed by atoms with Crippen molar-refractivity contribution < 1.29 is 4.79 Å². The fourth-order valence-electron chi connectivity index (χ4n) is 1.85. The molecule has 0 fully saturated rings. The SMILES string of the molecule is CCCCCCC(=O)Nc1nc2ccc(Br)cc2s1. The molecule has 0 radical (unpaired) electrons. The molecule has 5 heteroatoms. The highest BCUT2D eigenvalue weighted by atomic mass is 79.9. The van der Waals surface area contributed by atoms with E-state index >= 15 is 0 Å². The third kappa shape index (κ3) is 4.28. The number of amides is 1. The van der Waals surface area contributed by atoms with E-state index in [1.165, 1.54) is 24.2 Å². The molecule has 1 heterocycles. The van der Waals surface area contributed by atoms with Gasteiger partial charge in [-0.25, -0.2) is 4.98 Å². The third-order valence-electron chi connectivity index (χ3n) is 2.85. The number of carbonyl (C=O) groups excluding carboxylic acids is 1. The summed E-state index contributed by atoms with van der Waals surface area (Å²) in [5, 5.41) is 3.57. The second kappa shape index (κ2) is 7.01. The topological polar surface area (TPSA) is 42.0 Å². The molecular weight excluding hydrogens is 324 g/mol. The normalized spacial score (nSPS) is 10.8. The molecule has 0 saturated heterocycles. The Morgan fingerprint density at radius 2 is 2.21 bits per heavy atom. The average Bonchev–Trinajstić information content (AvgIpc) is 2.76. The average molecular weight is 341 g/mol. The number of unbranched alkanes of at least 4 members (excludes halogenated alkanes) is 3. The van der Waals surface area contributed by atoms with Crippen LogP contribution in [0.15, 0.2) is 22.7 Å². The molecule has 1 N–H and O–H groups in total. The summed E-state index contributed by atoms with van der Waals surface area (Å²) in [5.74, 6) is 0.0641. The van der Waals surface area contributed by atoms with E-state index in [0.717, 1.165) is 27.5 Å². The lowest BCUT2D eigenvalue weighted by atomic mass is 10.1. The number of fused-ring (bicyclic) bond motifs is 1. The Bertz CT molecular complexity index is 568. The minimum atomic E-state index is 0.0641. The molecule has 0 aliphatic carbocycles. The van der Waals surface area contributed by atoms with Gasteiger partial charge >= 0.3 is 0 Å². The van der Waals surface area contributed by atoms with Crippen molar-refractivity contribution in [1.82, 2.24) is 4.98 Å². The maximum Gasteiger partial charge on any atom is 0.226 e. The van der Waals surface area contributed by atoms with Crippen molar-refractivity contribution in [2.75, 3.05) is 5.32 Å². The van der Waals surface area contributed by atoms with E-state index in [1.54, 1.807) is 0 Å². The first-order valence-electron chi connectivity index (χ1n) is 6.55. The van der Waals surface area contributed by atoms with E-state index in [0.29, 0.717) is 11.6 Å². The Kier molecular flexibility index (Phi) is 5.34.